The first-order valence-corrected chi connectivity index (χ1v) is 6.50. The van der Waals surface area contributed by atoms with Crippen molar-refractivity contribution in [2.24, 2.45) is 0 Å². The molecule has 0 radical (unpaired) electrons. The Morgan fingerprint density at radius 2 is 2.26 bits per heavy atom. The van der Waals surface area contributed by atoms with Gasteiger partial charge in [0.25, 0.3) is 5.91 Å². The Kier molecular flexibility index (Phi) is 4.04. The van der Waals surface area contributed by atoms with Gasteiger partial charge in [0.05, 0.1) is 5.69 Å². The number of benzene rings is 1. The predicted molar refractivity (Wildman–Crippen MR) is 73.4 cm³/mol. The molecule has 1 fully saturated rings. The third kappa shape index (κ3) is 3.04. The second-order valence-corrected chi connectivity index (χ2v) is 5.29. The molecule has 1 aromatic carbocycles. The molecule has 0 saturated carbocycles. The van der Waals surface area contributed by atoms with Crippen LogP contribution in [0, 0.1) is 5.82 Å². The van der Waals surface area contributed by atoms with Gasteiger partial charge >= 0.3 is 0 Å². The number of halogens is 1. The number of anilines is 1. The molecule has 2 rings (SSSR count). The molecule has 0 aromatic heterocycles. The summed E-state index contributed by atoms with van der Waals surface area (Å²) >= 11 is 0. The number of nitrogens with zero attached hydrogens (tertiary/aromatic N) is 2. The summed E-state index contributed by atoms with van der Waals surface area (Å²) in [4.78, 5) is 16.3. The lowest BCUT2D eigenvalue weighted by Crippen LogP contribution is -2.41. The number of hydrogen-bond donors (Lipinski definition) is 1. The molecule has 1 atom stereocenters. The first kappa shape index (κ1) is 13.8. The third-order valence-electron chi connectivity index (χ3n) is 3.46. The number of likely N-dealkylation sites (tertiary alicyclic amines) is 1. The van der Waals surface area contributed by atoms with E-state index in [1.165, 1.54) is 12.1 Å². The van der Waals surface area contributed by atoms with E-state index < -0.39 is 5.82 Å². The summed E-state index contributed by atoms with van der Waals surface area (Å²) in [5.74, 6) is -0.641. The summed E-state index contributed by atoms with van der Waals surface area (Å²) in [7, 11) is 3.98. The molecule has 0 aliphatic carbocycles. The van der Waals surface area contributed by atoms with E-state index in [9.17, 15) is 9.18 Å². The van der Waals surface area contributed by atoms with Crippen molar-refractivity contribution in [1.82, 2.24) is 9.80 Å². The van der Waals surface area contributed by atoms with Crippen molar-refractivity contribution in [3.8, 4) is 0 Å². The van der Waals surface area contributed by atoms with E-state index in [-0.39, 0.29) is 17.6 Å². The van der Waals surface area contributed by atoms with Crippen LogP contribution in [0.4, 0.5) is 10.1 Å². The van der Waals surface area contributed by atoms with Gasteiger partial charge in [0, 0.05) is 24.7 Å². The van der Waals surface area contributed by atoms with E-state index in [2.05, 4.69) is 4.90 Å². The van der Waals surface area contributed by atoms with Gasteiger partial charge in [-0.05, 0) is 45.1 Å². The van der Waals surface area contributed by atoms with E-state index in [4.69, 9.17) is 5.73 Å². The normalized spacial score (nSPS) is 19.2. The van der Waals surface area contributed by atoms with Gasteiger partial charge in [0.15, 0.2) is 0 Å². The predicted octanol–water partition coefficient (Wildman–Crippen LogP) is 1.57. The van der Waals surface area contributed by atoms with E-state index in [1.54, 1.807) is 6.07 Å². The third-order valence-corrected chi connectivity index (χ3v) is 3.46. The van der Waals surface area contributed by atoms with Crippen molar-refractivity contribution < 1.29 is 9.18 Å². The highest BCUT2D eigenvalue weighted by Gasteiger charge is 2.29. The molecule has 0 spiro atoms. The van der Waals surface area contributed by atoms with Crippen LogP contribution in [0.25, 0.3) is 0 Å². The minimum Gasteiger partial charge on any atom is -0.396 e. The van der Waals surface area contributed by atoms with Gasteiger partial charge < -0.3 is 15.5 Å². The number of likely N-dealkylation sites (N-methyl/N-ethyl adjacent to an activating group) is 1. The van der Waals surface area contributed by atoms with Crippen LogP contribution in [-0.4, -0.2) is 48.9 Å². The molecule has 1 aromatic rings. The fourth-order valence-corrected chi connectivity index (χ4v) is 2.54. The number of hydrogen-bond acceptors (Lipinski definition) is 3. The Hall–Kier alpha value is -1.62. The molecule has 0 bridgehead atoms. The minimum atomic E-state index is -0.533. The quantitative estimate of drug-likeness (QED) is 0.844. The first-order chi connectivity index (χ1) is 8.99. The highest BCUT2D eigenvalue weighted by atomic mass is 19.1. The first-order valence-electron chi connectivity index (χ1n) is 6.50. The molecule has 1 amide bonds. The molecule has 104 valence electrons. The molecule has 2 N–H and O–H groups in total. The van der Waals surface area contributed by atoms with Crippen LogP contribution in [0.5, 0.6) is 0 Å². The maximum Gasteiger partial charge on any atom is 0.254 e. The van der Waals surface area contributed by atoms with Crippen LogP contribution in [-0.2, 0) is 0 Å². The zero-order valence-electron chi connectivity index (χ0n) is 11.4. The Bertz CT molecular complexity index is 476. The van der Waals surface area contributed by atoms with Crippen LogP contribution in [0.15, 0.2) is 18.2 Å². The Morgan fingerprint density at radius 3 is 2.89 bits per heavy atom. The standard InChI is InChI=1S/C14H20FN3O/c1-17(2)9-11-4-3-7-18(11)14(19)10-5-6-13(16)12(15)8-10/h5-6,8,11H,3-4,7,9,16H2,1-2H3. The minimum absolute atomic E-state index is 0.0720. The fourth-order valence-electron chi connectivity index (χ4n) is 2.54. The zero-order chi connectivity index (χ0) is 14.0. The summed E-state index contributed by atoms with van der Waals surface area (Å²) < 4.78 is 13.4. The number of amides is 1. The van der Waals surface area contributed by atoms with Crippen molar-refractivity contribution in [2.45, 2.75) is 18.9 Å². The molecule has 1 heterocycles. The van der Waals surface area contributed by atoms with Crippen LogP contribution >= 0.6 is 0 Å². The number of nitrogens with two attached hydrogens (primary N) is 1. The van der Waals surface area contributed by atoms with Crippen LogP contribution in [0.3, 0.4) is 0 Å². The lowest BCUT2D eigenvalue weighted by atomic mass is 10.1. The van der Waals surface area contributed by atoms with Crippen molar-refractivity contribution in [2.75, 3.05) is 32.9 Å². The monoisotopic (exact) mass is 265 g/mol. The van der Waals surface area contributed by atoms with Gasteiger partial charge in [-0.15, -0.1) is 0 Å². The van der Waals surface area contributed by atoms with Crippen LogP contribution in [0.2, 0.25) is 0 Å². The summed E-state index contributed by atoms with van der Waals surface area (Å²) in [6.07, 6.45) is 2.00. The Balaban J connectivity index is 2.16. The molecule has 1 aliphatic rings. The smallest absolute Gasteiger partial charge is 0.254 e. The van der Waals surface area contributed by atoms with Crippen molar-refractivity contribution >= 4 is 11.6 Å². The van der Waals surface area contributed by atoms with Crippen molar-refractivity contribution in [3.05, 3.63) is 29.6 Å². The van der Waals surface area contributed by atoms with Gasteiger partial charge in [-0.1, -0.05) is 0 Å². The summed E-state index contributed by atoms with van der Waals surface area (Å²) in [5.41, 5.74) is 5.87. The van der Waals surface area contributed by atoms with Gasteiger partial charge in [0.2, 0.25) is 0 Å². The molecule has 19 heavy (non-hydrogen) atoms. The highest BCUT2D eigenvalue weighted by molar-refractivity contribution is 5.95. The molecular formula is C14H20FN3O. The highest BCUT2D eigenvalue weighted by Crippen LogP contribution is 2.22. The zero-order valence-corrected chi connectivity index (χ0v) is 11.4. The lowest BCUT2D eigenvalue weighted by Gasteiger charge is -2.27. The van der Waals surface area contributed by atoms with E-state index in [0.29, 0.717) is 5.56 Å². The average Bonchev–Trinajstić information content (AvgIpc) is 2.79. The molecular weight excluding hydrogens is 245 g/mol. The Morgan fingerprint density at radius 1 is 1.53 bits per heavy atom. The maximum absolute atomic E-state index is 13.4. The molecule has 4 nitrogen and oxygen atoms in total. The van der Waals surface area contributed by atoms with Gasteiger partial charge in [-0.3, -0.25) is 4.79 Å². The van der Waals surface area contributed by atoms with Gasteiger partial charge in [-0.2, -0.15) is 0 Å². The van der Waals surface area contributed by atoms with E-state index >= 15 is 0 Å². The topological polar surface area (TPSA) is 49.6 Å². The average molecular weight is 265 g/mol. The second kappa shape index (κ2) is 5.57. The van der Waals surface area contributed by atoms with Gasteiger partial charge in [0.1, 0.15) is 5.82 Å². The SMILES string of the molecule is CN(C)CC1CCCN1C(=O)c1ccc(N)c(F)c1. The van der Waals surface area contributed by atoms with Crippen LogP contribution in [0.1, 0.15) is 23.2 Å². The van der Waals surface area contributed by atoms with Crippen LogP contribution < -0.4 is 5.73 Å². The Labute approximate surface area is 113 Å². The van der Waals surface area contributed by atoms with E-state index in [1.807, 2.05) is 19.0 Å². The number of carbonyl (C=O) groups excluding carboxylic acids is 1. The van der Waals surface area contributed by atoms with Crippen molar-refractivity contribution in [1.29, 1.82) is 0 Å². The largest absolute Gasteiger partial charge is 0.396 e. The molecule has 5 heteroatoms. The lowest BCUT2D eigenvalue weighted by molar-refractivity contribution is 0.0716. The maximum atomic E-state index is 13.4. The molecule has 1 saturated heterocycles. The van der Waals surface area contributed by atoms with Crippen molar-refractivity contribution in [3.63, 3.8) is 0 Å². The number of nitrogen functional groups attached to an aromatic ring is 1. The molecule has 1 aliphatic heterocycles. The summed E-state index contributed by atoms with van der Waals surface area (Å²) in [5, 5.41) is 0. The second-order valence-electron chi connectivity index (χ2n) is 5.29. The summed E-state index contributed by atoms with van der Waals surface area (Å²) in [6.45, 7) is 1.58. The molecule has 1 unspecified atom stereocenters. The van der Waals surface area contributed by atoms with E-state index in [0.717, 1.165) is 25.9 Å². The number of rotatable bonds is 3. The van der Waals surface area contributed by atoms with Gasteiger partial charge in [-0.25, -0.2) is 4.39 Å². The fraction of sp³-hybridized carbons (Fsp3) is 0.500. The number of carbonyl (C=O) groups is 1. The summed E-state index contributed by atoms with van der Waals surface area (Å²) in [6, 6.07) is 4.47.